The van der Waals surface area contributed by atoms with Crippen LogP contribution in [0.5, 0.6) is 0 Å². The molecule has 0 amide bonds. The molecule has 16 heavy (non-hydrogen) atoms. The van der Waals surface area contributed by atoms with E-state index in [9.17, 15) is 0 Å². The molecule has 0 spiro atoms. The summed E-state index contributed by atoms with van der Waals surface area (Å²) in [6, 6.07) is 0. The van der Waals surface area contributed by atoms with Crippen LogP contribution in [0.15, 0.2) is 0 Å². The van der Waals surface area contributed by atoms with Gasteiger partial charge in [-0.3, -0.25) is 0 Å². The summed E-state index contributed by atoms with van der Waals surface area (Å²) in [5, 5.41) is 0. The Morgan fingerprint density at radius 3 is 2.69 bits per heavy atom. The molecule has 7 unspecified atom stereocenters. The molecule has 0 N–H and O–H groups in total. The zero-order valence-electron chi connectivity index (χ0n) is 10.5. The first kappa shape index (κ1) is 10.4. The summed E-state index contributed by atoms with van der Waals surface area (Å²) in [6.45, 7) is 5.20. The molecule has 1 heteroatoms. The first-order valence-corrected chi connectivity index (χ1v) is 8.04. The van der Waals surface area contributed by atoms with Crippen LogP contribution < -0.4 is 0 Å². The maximum absolute atomic E-state index is 4.24. The zero-order chi connectivity index (χ0) is 11.1. The minimum atomic E-state index is 0.561. The summed E-state index contributed by atoms with van der Waals surface area (Å²) >= 11 is 4.24. The second-order valence-corrected chi connectivity index (χ2v) is 8.95. The molecule has 0 aromatic rings. The lowest BCUT2D eigenvalue weighted by molar-refractivity contribution is -0.179. The number of halogens is 1. The molecule has 0 nitrogen and oxygen atoms in total. The van der Waals surface area contributed by atoms with Crippen molar-refractivity contribution in [1.29, 1.82) is 0 Å². The van der Waals surface area contributed by atoms with E-state index in [2.05, 4.69) is 29.8 Å². The summed E-state index contributed by atoms with van der Waals surface area (Å²) < 4.78 is 0.561. The van der Waals surface area contributed by atoms with Gasteiger partial charge in [-0.2, -0.15) is 0 Å². The van der Waals surface area contributed by atoms with Crippen LogP contribution in [0.2, 0.25) is 0 Å². The second-order valence-electron chi connectivity index (χ2n) is 7.47. The average molecular weight is 283 g/mol. The molecule has 0 aromatic carbocycles. The Labute approximate surface area is 108 Å². The van der Waals surface area contributed by atoms with Gasteiger partial charge in [0, 0.05) is 4.32 Å². The van der Waals surface area contributed by atoms with Crippen molar-refractivity contribution in [3.05, 3.63) is 0 Å². The van der Waals surface area contributed by atoms with Crippen molar-refractivity contribution in [1.82, 2.24) is 0 Å². The fourth-order valence-corrected chi connectivity index (χ4v) is 7.85. The molecule has 5 aliphatic carbocycles. The molecule has 5 aliphatic rings. The van der Waals surface area contributed by atoms with Crippen LogP contribution in [0.25, 0.3) is 0 Å². The van der Waals surface area contributed by atoms with Gasteiger partial charge in [-0.25, -0.2) is 0 Å². The minimum Gasteiger partial charge on any atom is -0.0847 e. The molecule has 0 saturated heterocycles. The first-order valence-electron chi connectivity index (χ1n) is 7.24. The first-order chi connectivity index (χ1) is 7.56. The van der Waals surface area contributed by atoms with Gasteiger partial charge in [-0.1, -0.05) is 36.2 Å². The van der Waals surface area contributed by atoms with Crippen molar-refractivity contribution < 1.29 is 0 Å². The SMILES string of the molecule is CC1C2CC3CC4C(CCCC24Br)C1(C)C3. The minimum absolute atomic E-state index is 0.561. The van der Waals surface area contributed by atoms with E-state index in [0.29, 0.717) is 9.74 Å². The van der Waals surface area contributed by atoms with E-state index in [1.807, 2.05) is 0 Å². The molecule has 0 radical (unpaired) electrons. The zero-order valence-corrected chi connectivity index (χ0v) is 12.1. The molecule has 7 atom stereocenters. The van der Waals surface area contributed by atoms with Crippen LogP contribution in [-0.4, -0.2) is 4.32 Å². The Balaban J connectivity index is 1.88. The maximum Gasteiger partial charge on any atom is 0.0320 e. The van der Waals surface area contributed by atoms with Gasteiger partial charge >= 0.3 is 0 Å². The number of hydrogen-bond acceptors (Lipinski definition) is 0. The molecule has 0 heterocycles. The van der Waals surface area contributed by atoms with Crippen LogP contribution in [-0.2, 0) is 0 Å². The van der Waals surface area contributed by atoms with Gasteiger partial charge in [0.05, 0.1) is 0 Å². The molecule has 0 aliphatic heterocycles. The lowest BCUT2D eigenvalue weighted by Gasteiger charge is -2.71. The predicted octanol–water partition coefficient (Wildman–Crippen LogP) is 4.62. The van der Waals surface area contributed by atoms with Gasteiger partial charge in [0.2, 0.25) is 0 Å². The van der Waals surface area contributed by atoms with E-state index in [4.69, 9.17) is 0 Å². The fourth-order valence-electron chi connectivity index (χ4n) is 6.48. The number of hydrogen-bond donors (Lipinski definition) is 0. The van der Waals surface area contributed by atoms with Crippen LogP contribution in [0.4, 0.5) is 0 Å². The van der Waals surface area contributed by atoms with Gasteiger partial charge in [0.15, 0.2) is 0 Å². The van der Waals surface area contributed by atoms with Crippen molar-refractivity contribution in [3.8, 4) is 0 Å². The largest absolute Gasteiger partial charge is 0.0847 e. The van der Waals surface area contributed by atoms with Crippen molar-refractivity contribution in [2.45, 2.75) is 56.7 Å². The average Bonchev–Trinajstić information content (AvgIpc) is 2.25. The van der Waals surface area contributed by atoms with Crippen molar-refractivity contribution in [2.24, 2.45) is 35.0 Å². The van der Waals surface area contributed by atoms with Crippen molar-refractivity contribution in [2.75, 3.05) is 0 Å². The van der Waals surface area contributed by atoms with E-state index < -0.39 is 0 Å². The molecule has 90 valence electrons. The van der Waals surface area contributed by atoms with Gasteiger partial charge in [0.25, 0.3) is 0 Å². The van der Waals surface area contributed by atoms with Crippen LogP contribution in [0.1, 0.15) is 52.4 Å². The van der Waals surface area contributed by atoms with Crippen molar-refractivity contribution in [3.63, 3.8) is 0 Å². The highest BCUT2D eigenvalue weighted by Gasteiger charge is 2.67. The quantitative estimate of drug-likeness (QED) is 0.569. The van der Waals surface area contributed by atoms with Crippen LogP contribution in [0, 0.1) is 35.0 Å². The van der Waals surface area contributed by atoms with E-state index in [1.165, 1.54) is 25.7 Å². The topological polar surface area (TPSA) is 0 Å². The van der Waals surface area contributed by atoms with E-state index in [-0.39, 0.29) is 0 Å². The Hall–Kier alpha value is 0.480. The number of alkyl halides is 1. The molecular weight excluding hydrogens is 260 g/mol. The molecule has 6 bridgehead atoms. The monoisotopic (exact) mass is 282 g/mol. The van der Waals surface area contributed by atoms with Crippen LogP contribution >= 0.6 is 15.9 Å². The lowest BCUT2D eigenvalue weighted by atomic mass is 9.36. The molecule has 5 fully saturated rings. The Bertz CT molecular complexity index is 324. The van der Waals surface area contributed by atoms with Gasteiger partial charge < -0.3 is 0 Å². The summed E-state index contributed by atoms with van der Waals surface area (Å²) in [6.07, 6.45) is 9.11. The van der Waals surface area contributed by atoms with Crippen LogP contribution in [0.3, 0.4) is 0 Å². The van der Waals surface area contributed by atoms with E-state index in [0.717, 1.165) is 29.6 Å². The third-order valence-corrected chi connectivity index (χ3v) is 8.76. The normalized spacial score (nSPS) is 67.3. The predicted molar refractivity (Wildman–Crippen MR) is 70.6 cm³/mol. The van der Waals surface area contributed by atoms with E-state index in [1.54, 1.807) is 12.8 Å². The standard InChI is InChI=1S/C15H23Br/c1-9-12-6-10-7-13-11(14(9,2)8-10)4-3-5-15(12,13)16/h9-13H,3-8H2,1-2H3. The van der Waals surface area contributed by atoms with Gasteiger partial charge in [-0.15, -0.1) is 0 Å². The lowest BCUT2D eigenvalue weighted by Crippen LogP contribution is -2.67. The van der Waals surface area contributed by atoms with Gasteiger partial charge in [0.1, 0.15) is 0 Å². The van der Waals surface area contributed by atoms with E-state index >= 15 is 0 Å². The third-order valence-electron chi connectivity index (χ3n) is 7.19. The summed E-state index contributed by atoms with van der Waals surface area (Å²) in [5.41, 5.74) is 0.703. The highest BCUT2D eigenvalue weighted by molar-refractivity contribution is 9.10. The Kier molecular flexibility index (Phi) is 1.88. The Morgan fingerprint density at radius 2 is 1.88 bits per heavy atom. The summed E-state index contributed by atoms with van der Waals surface area (Å²) in [4.78, 5) is 0. The smallest absolute Gasteiger partial charge is 0.0320 e. The van der Waals surface area contributed by atoms with Crippen molar-refractivity contribution >= 4 is 15.9 Å². The Morgan fingerprint density at radius 1 is 1.12 bits per heavy atom. The number of rotatable bonds is 0. The summed E-state index contributed by atoms with van der Waals surface area (Å²) in [5.74, 6) is 5.11. The molecular formula is C15H23Br. The molecule has 0 aromatic heterocycles. The molecule has 5 rings (SSSR count). The molecule has 5 saturated carbocycles. The maximum atomic E-state index is 4.24. The second kappa shape index (κ2) is 2.90. The fraction of sp³-hybridized carbons (Fsp3) is 1.00. The highest BCUT2D eigenvalue weighted by atomic mass is 79.9. The highest BCUT2D eigenvalue weighted by Crippen LogP contribution is 2.73. The van der Waals surface area contributed by atoms with Gasteiger partial charge in [-0.05, 0) is 67.1 Å². The summed E-state index contributed by atoms with van der Waals surface area (Å²) in [7, 11) is 0. The third kappa shape index (κ3) is 0.955.